The lowest BCUT2D eigenvalue weighted by molar-refractivity contribution is 0.111. The molecule has 0 amide bonds. The molecular formula is C20H23N3O2. The number of benzene rings is 1. The van der Waals surface area contributed by atoms with Crippen molar-refractivity contribution in [3.8, 4) is 11.3 Å². The highest BCUT2D eigenvalue weighted by atomic mass is 16.1. The van der Waals surface area contributed by atoms with Crippen LogP contribution in [0.4, 0.5) is 0 Å². The van der Waals surface area contributed by atoms with Crippen molar-refractivity contribution >= 4 is 23.5 Å². The van der Waals surface area contributed by atoms with Gasteiger partial charge in [0.05, 0.1) is 11.4 Å². The van der Waals surface area contributed by atoms with Crippen molar-refractivity contribution in [1.82, 2.24) is 15.3 Å². The minimum absolute atomic E-state index is 0.292. The average molecular weight is 337 g/mol. The number of aromatic nitrogens is 2. The first-order valence-electron chi connectivity index (χ1n) is 8.06. The summed E-state index contributed by atoms with van der Waals surface area (Å²) < 4.78 is 0. The quantitative estimate of drug-likeness (QED) is 0.712. The molecule has 0 fully saturated rings. The van der Waals surface area contributed by atoms with Gasteiger partial charge in [-0.25, -0.2) is 4.98 Å². The molecule has 0 saturated carbocycles. The lowest BCUT2D eigenvalue weighted by Gasteiger charge is -2.15. The second-order valence-corrected chi connectivity index (χ2v) is 6.71. The van der Waals surface area contributed by atoms with Crippen molar-refractivity contribution in [2.75, 3.05) is 7.05 Å². The maximum Gasteiger partial charge on any atom is 0.168 e. The summed E-state index contributed by atoms with van der Waals surface area (Å²) in [5.41, 5.74) is 3.78. The number of carbonyl (C=O) groups is 2. The zero-order valence-electron chi connectivity index (χ0n) is 15.0. The van der Waals surface area contributed by atoms with Crippen LogP contribution in [0.3, 0.4) is 0 Å². The summed E-state index contributed by atoms with van der Waals surface area (Å²) >= 11 is 0. The van der Waals surface area contributed by atoms with Crippen LogP contribution in [-0.2, 0) is 0 Å². The largest absolute Gasteiger partial charge is 0.352 e. The number of nitrogens with zero attached hydrogens (tertiary/aromatic N) is 1. The van der Waals surface area contributed by atoms with E-state index in [1.165, 1.54) is 0 Å². The molecule has 0 unspecified atom stereocenters. The van der Waals surface area contributed by atoms with Crippen LogP contribution < -0.4 is 5.32 Å². The molecule has 5 nitrogen and oxygen atoms in total. The summed E-state index contributed by atoms with van der Waals surface area (Å²) in [6.45, 7) is 6.40. The Morgan fingerprint density at radius 2 is 1.76 bits per heavy atom. The average Bonchev–Trinajstić information content (AvgIpc) is 3.04. The van der Waals surface area contributed by atoms with Gasteiger partial charge in [0.15, 0.2) is 12.6 Å². The highest BCUT2D eigenvalue weighted by Gasteiger charge is 2.05. The number of hydrogen-bond donors (Lipinski definition) is 2. The second-order valence-electron chi connectivity index (χ2n) is 6.71. The van der Waals surface area contributed by atoms with E-state index < -0.39 is 0 Å². The molecule has 2 N–H and O–H groups in total. The fourth-order valence-corrected chi connectivity index (χ4v) is 2.06. The summed E-state index contributed by atoms with van der Waals surface area (Å²) in [5.74, 6) is 0. The number of hydrogen-bond acceptors (Lipinski definition) is 4. The summed E-state index contributed by atoms with van der Waals surface area (Å²) in [6.07, 6.45) is 1.51. The Balaban J connectivity index is 0.000000326. The predicted molar refractivity (Wildman–Crippen MR) is 101 cm³/mol. The standard InChI is InChI=1S/C15H10N2O2.C5H13N/c18-8-12-2-1-3-14(16-12)10-4-5-15-11(6-10)7-13(9-19)17-15;1-5(2,3)6-4/h1-9,17H;6H,1-4H3. The highest BCUT2D eigenvalue weighted by molar-refractivity contribution is 5.90. The number of aldehydes is 2. The van der Waals surface area contributed by atoms with Crippen LogP contribution in [0.1, 0.15) is 41.7 Å². The number of aromatic amines is 1. The SMILES string of the molecule is CNC(C)(C)C.O=Cc1cccc(-c2ccc3[nH]c(C=O)cc3c2)n1. The number of carbonyl (C=O) groups excluding carboxylic acids is 2. The van der Waals surface area contributed by atoms with Gasteiger partial charge in [0.2, 0.25) is 0 Å². The number of nitrogens with one attached hydrogen (secondary N) is 2. The maximum absolute atomic E-state index is 10.7. The number of rotatable bonds is 3. The van der Waals surface area contributed by atoms with Gasteiger partial charge in [-0.3, -0.25) is 9.59 Å². The van der Waals surface area contributed by atoms with Crippen LogP contribution in [-0.4, -0.2) is 35.1 Å². The van der Waals surface area contributed by atoms with E-state index in [-0.39, 0.29) is 0 Å². The normalized spacial score (nSPS) is 10.9. The van der Waals surface area contributed by atoms with E-state index in [1.54, 1.807) is 18.2 Å². The third kappa shape index (κ3) is 5.09. The molecular weight excluding hydrogens is 314 g/mol. The van der Waals surface area contributed by atoms with Crippen LogP contribution in [0.25, 0.3) is 22.2 Å². The fourth-order valence-electron chi connectivity index (χ4n) is 2.06. The molecule has 5 heteroatoms. The van der Waals surface area contributed by atoms with Gasteiger partial charge in [-0.15, -0.1) is 0 Å². The van der Waals surface area contributed by atoms with Crippen molar-refractivity contribution < 1.29 is 9.59 Å². The van der Waals surface area contributed by atoms with Gasteiger partial charge in [-0.2, -0.15) is 0 Å². The fraction of sp³-hybridized carbons (Fsp3) is 0.250. The molecule has 0 spiro atoms. The smallest absolute Gasteiger partial charge is 0.168 e. The van der Waals surface area contributed by atoms with Crippen molar-refractivity contribution in [3.63, 3.8) is 0 Å². The Hall–Kier alpha value is -2.79. The number of pyridine rings is 1. The first kappa shape index (κ1) is 18.5. The van der Waals surface area contributed by atoms with Gasteiger partial charge in [0.1, 0.15) is 5.69 Å². The van der Waals surface area contributed by atoms with E-state index in [1.807, 2.05) is 31.3 Å². The first-order chi connectivity index (χ1) is 11.9. The Bertz CT molecular complexity index is 876. The Morgan fingerprint density at radius 3 is 2.36 bits per heavy atom. The summed E-state index contributed by atoms with van der Waals surface area (Å²) in [4.78, 5) is 28.7. The summed E-state index contributed by atoms with van der Waals surface area (Å²) in [5, 5.41) is 4.05. The van der Waals surface area contributed by atoms with Gasteiger partial charge in [-0.05, 0) is 58.2 Å². The lowest BCUT2D eigenvalue weighted by Crippen LogP contribution is -2.31. The predicted octanol–water partition coefficient (Wildman–Crippen LogP) is 3.86. The summed E-state index contributed by atoms with van der Waals surface area (Å²) in [6, 6.07) is 12.8. The molecule has 0 aliphatic carbocycles. The van der Waals surface area contributed by atoms with Crippen molar-refractivity contribution in [2.24, 2.45) is 0 Å². The monoisotopic (exact) mass is 337 g/mol. The van der Waals surface area contributed by atoms with Gasteiger partial charge in [0.25, 0.3) is 0 Å². The number of H-pyrrole nitrogens is 1. The van der Waals surface area contributed by atoms with E-state index in [0.717, 1.165) is 34.7 Å². The van der Waals surface area contributed by atoms with Gasteiger partial charge < -0.3 is 10.3 Å². The zero-order valence-corrected chi connectivity index (χ0v) is 15.0. The molecule has 0 aliphatic rings. The van der Waals surface area contributed by atoms with E-state index in [9.17, 15) is 9.59 Å². The van der Waals surface area contributed by atoms with E-state index in [0.29, 0.717) is 16.9 Å². The van der Waals surface area contributed by atoms with Crippen LogP contribution in [0, 0.1) is 0 Å². The lowest BCUT2D eigenvalue weighted by atomic mass is 10.1. The van der Waals surface area contributed by atoms with Gasteiger partial charge in [0, 0.05) is 22.0 Å². The second kappa shape index (κ2) is 7.85. The van der Waals surface area contributed by atoms with E-state index >= 15 is 0 Å². The van der Waals surface area contributed by atoms with Crippen LogP contribution in [0.2, 0.25) is 0 Å². The molecule has 3 aromatic rings. The van der Waals surface area contributed by atoms with Gasteiger partial charge >= 0.3 is 0 Å². The van der Waals surface area contributed by atoms with E-state index in [2.05, 4.69) is 36.1 Å². The minimum Gasteiger partial charge on any atom is -0.352 e. The molecule has 0 saturated heterocycles. The van der Waals surface area contributed by atoms with Crippen LogP contribution in [0.5, 0.6) is 0 Å². The maximum atomic E-state index is 10.7. The minimum atomic E-state index is 0.292. The summed E-state index contributed by atoms with van der Waals surface area (Å²) in [7, 11) is 1.96. The zero-order chi connectivity index (χ0) is 18.4. The van der Waals surface area contributed by atoms with Crippen LogP contribution in [0.15, 0.2) is 42.5 Å². The molecule has 130 valence electrons. The Labute approximate surface area is 147 Å². The van der Waals surface area contributed by atoms with Crippen LogP contribution >= 0.6 is 0 Å². The molecule has 0 bridgehead atoms. The van der Waals surface area contributed by atoms with Crippen molar-refractivity contribution in [3.05, 3.63) is 53.9 Å². The van der Waals surface area contributed by atoms with Crippen molar-refractivity contribution in [1.29, 1.82) is 0 Å². The third-order valence-electron chi connectivity index (χ3n) is 3.71. The van der Waals surface area contributed by atoms with E-state index in [4.69, 9.17) is 0 Å². The highest BCUT2D eigenvalue weighted by Crippen LogP contribution is 2.23. The molecule has 2 heterocycles. The molecule has 0 aliphatic heterocycles. The molecule has 2 aromatic heterocycles. The Morgan fingerprint density at radius 1 is 1.04 bits per heavy atom. The van der Waals surface area contributed by atoms with Gasteiger partial charge in [-0.1, -0.05) is 12.1 Å². The topological polar surface area (TPSA) is 74.8 Å². The number of fused-ring (bicyclic) bond motifs is 1. The Kier molecular flexibility index (Phi) is 5.83. The molecule has 1 aromatic carbocycles. The third-order valence-corrected chi connectivity index (χ3v) is 3.71. The molecule has 3 rings (SSSR count). The molecule has 0 atom stereocenters. The molecule has 0 radical (unpaired) electrons. The first-order valence-corrected chi connectivity index (χ1v) is 8.06. The molecule has 25 heavy (non-hydrogen) atoms. The van der Waals surface area contributed by atoms with Crippen molar-refractivity contribution in [2.45, 2.75) is 26.3 Å².